The number of nitrogens with two attached hydrogens (primary N) is 1. The van der Waals surface area contributed by atoms with Crippen LogP contribution in [-0.4, -0.2) is 56.4 Å². The molecule has 1 aliphatic carbocycles. The Labute approximate surface area is 115 Å². The maximum atomic E-state index is 11.9. The van der Waals surface area contributed by atoms with E-state index in [0.29, 0.717) is 12.5 Å². The van der Waals surface area contributed by atoms with E-state index in [1.54, 1.807) is 0 Å². The summed E-state index contributed by atoms with van der Waals surface area (Å²) in [5.74, 6) is 0.102. The van der Waals surface area contributed by atoms with E-state index >= 15 is 0 Å². The molecule has 19 heavy (non-hydrogen) atoms. The first-order chi connectivity index (χ1) is 9.27. The van der Waals surface area contributed by atoms with Gasteiger partial charge in [0.2, 0.25) is 0 Å². The molecule has 2 N–H and O–H groups in total. The van der Waals surface area contributed by atoms with Crippen molar-refractivity contribution in [3.63, 3.8) is 0 Å². The maximum Gasteiger partial charge on any atom is 0.323 e. The molecule has 1 heterocycles. The van der Waals surface area contributed by atoms with Crippen molar-refractivity contribution in [1.82, 2.24) is 4.90 Å². The molecule has 1 aliphatic heterocycles. The molecule has 110 valence electrons. The van der Waals surface area contributed by atoms with Crippen LogP contribution in [0.4, 0.5) is 0 Å². The summed E-state index contributed by atoms with van der Waals surface area (Å²) >= 11 is 0. The van der Waals surface area contributed by atoms with Crippen LogP contribution in [0, 0.1) is 5.92 Å². The first kappa shape index (κ1) is 14.8. The van der Waals surface area contributed by atoms with E-state index < -0.39 is 6.04 Å². The number of rotatable bonds is 5. The van der Waals surface area contributed by atoms with Gasteiger partial charge in [0.05, 0.1) is 13.2 Å². The molecular weight excluding hydrogens is 244 g/mol. The Morgan fingerprint density at radius 1 is 1.26 bits per heavy atom. The number of carbonyl (C=O) groups excluding carboxylic acids is 1. The normalized spacial score (nSPS) is 24.1. The molecule has 0 aromatic carbocycles. The number of ether oxygens (including phenoxy) is 2. The third-order valence-electron chi connectivity index (χ3n) is 4.19. The molecule has 2 rings (SSSR count). The molecule has 0 amide bonds. The predicted molar refractivity (Wildman–Crippen MR) is 72.8 cm³/mol. The van der Waals surface area contributed by atoms with E-state index in [2.05, 4.69) is 4.90 Å². The topological polar surface area (TPSA) is 64.8 Å². The van der Waals surface area contributed by atoms with Crippen molar-refractivity contribution >= 4 is 5.97 Å². The van der Waals surface area contributed by atoms with E-state index in [-0.39, 0.29) is 5.97 Å². The highest BCUT2D eigenvalue weighted by Crippen LogP contribution is 2.26. The van der Waals surface area contributed by atoms with Crippen molar-refractivity contribution in [2.45, 2.75) is 38.1 Å². The molecule has 0 unspecified atom stereocenters. The van der Waals surface area contributed by atoms with Gasteiger partial charge >= 0.3 is 5.97 Å². The Morgan fingerprint density at radius 2 is 1.95 bits per heavy atom. The van der Waals surface area contributed by atoms with Gasteiger partial charge in [-0.3, -0.25) is 9.69 Å². The monoisotopic (exact) mass is 270 g/mol. The van der Waals surface area contributed by atoms with Crippen LogP contribution in [0.5, 0.6) is 0 Å². The fraction of sp³-hybridized carbons (Fsp3) is 0.929. The molecular formula is C14H26N2O3. The maximum absolute atomic E-state index is 11.9. The van der Waals surface area contributed by atoms with Crippen LogP contribution in [0.2, 0.25) is 0 Å². The summed E-state index contributed by atoms with van der Waals surface area (Å²) in [7, 11) is 0. The van der Waals surface area contributed by atoms with Crippen molar-refractivity contribution in [3.8, 4) is 0 Å². The second-order valence-corrected chi connectivity index (χ2v) is 5.55. The molecule has 1 atom stereocenters. The lowest BCUT2D eigenvalue weighted by Crippen LogP contribution is -2.42. The lowest BCUT2D eigenvalue weighted by atomic mass is 9.84. The van der Waals surface area contributed by atoms with E-state index in [4.69, 9.17) is 15.2 Å². The van der Waals surface area contributed by atoms with Crippen molar-refractivity contribution in [2.24, 2.45) is 11.7 Å². The zero-order valence-corrected chi connectivity index (χ0v) is 11.7. The zero-order valence-electron chi connectivity index (χ0n) is 11.7. The molecule has 0 bridgehead atoms. The SMILES string of the molecule is N[C@H](C(=O)OCCN1CCOCC1)C1CCCCC1. The summed E-state index contributed by atoms with van der Waals surface area (Å²) in [6, 6.07) is -0.426. The Balaban J connectivity index is 1.62. The molecule has 5 heteroatoms. The van der Waals surface area contributed by atoms with Crippen molar-refractivity contribution in [3.05, 3.63) is 0 Å². The molecule has 0 radical (unpaired) electrons. The van der Waals surface area contributed by atoms with Crippen LogP contribution in [0.3, 0.4) is 0 Å². The first-order valence-corrected chi connectivity index (χ1v) is 7.49. The Bertz CT molecular complexity index is 274. The van der Waals surface area contributed by atoms with Crippen molar-refractivity contribution in [1.29, 1.82) is 0 Å². The smallest absolute Gasteiger partial charge is 0.323 e. The summed E-state index contributed by atoms with van der Waals surface area (Å²) in [6.07, 6.45) is 5.80. The molecule has 2 fully saturated rings. The minimum absolute atomic E-state index is 0.222. The summed E-state index contributed by atoms with van der Waals surface area (Å²) < 4.78 is 10.6. The number of hydrogen-bond donors (Lipinski definition) is 1. The van der Waals surface area contributed by atoms with Crippen molar-refractivity contribution < 1.29 is 14.3 Å². The van der Waals surface area contributed by atoms with Gasteiger partial charge in [-0.25, -0.2) is 0 Å². The number of hydrogen-bond acceptors (Lipinski definition) is 5. The lowest BCUT2D eigenvalue weighted by Gasteiger charge is -2.28. The lowest BCUT2D eigenvalue weighted by molar-refractivity contribution is -0.147. The summed E-state index contributed by atoms with van der Waals surface area (Å²) in [5, 5.41) is 0. The number of esters is 1. The van der Waals surface area contributed by atoms with Crippen LogP contribution in [0.1, 0.15) is 32.1 Å². The minimum Gasteiger partial charge on any atom is -0.463 e. The fourth-order valence-electron chi connectivity index (χ4n) is 2.88. The quantitative estimate of drug-likeness (QED) is 0.748. The standard InChI is InChI=1S/C14H26N2O3/c15-13(12-4-2-1-3-5-12)14(17)19-11-8-16-6-9-18-10-7-16/h12-13H,1-11,15H2/t13-/m0/s1. The van der Waals surface area contributed by atoms with Crippen LogP contribution >= 0.6 is 0 Å². The summed E-state index contributed by atoms with van der Waals surface area (Å²) in [5.41, 5.74) is 6.00. The van der Waals surface area contributed by atoms with Gasteiger partial charge in [0.15, 0.2) is 0 Å². The molecule has 0 aromatic heterocycles. The Morgan fingerprint density at radius 3 is 2.63 bits per heavy atom. The van der Waals surface area contributed by atoms with Gasteiger partial charge in [-0.2, -0.15) is 0 Å². The van der Waals surface area contributed by atoms with E-state index in [1.165, 1.54) is 19.3 Å². The van der Waals surface area contributed by atoms with Crippen molar-refractivity contribution in [2.75, 3.05) is 39.5 Å². The van der Waals surface area contributed by atoms with E-state index in [0.717, 1.165) is 45.7 Å². The molecule has 0 spiro atoms. The van der Waals surface area contributed by atoms with Crippen LogP contribution in [0.25, 0.3) is 0 Å². The van der Waals surface area contributed by atoms with Gasteiger partial charge in [-0.15, -0.1) is 0 Å². The Hall–Kier alpha value is -0.650. The number of nitrogens with zero attached hydrogens (tertiary/aromatic N) is 1. The largest absolute Gasteiger partial charge is 0.463 e. The molecule has 5 nitrogen and oxygen atoms in total. The average molecular weight is 270 g/mol. The minimum atomic E-state index is -0.426. The van der Waals surface area contributed by atoms with Gasteiger partial charge in [0, 0.05) is 19.6 Å². The highest BCUT2D eigenvalue weighted by Gasteiger charge is 2.27. The van der Waals surface area contributed by atoms with E-state index in [9.17, 15) is 4.79 Å². The summed E-state index contributed by atoms with van der Waals surface area (Å²) in [4.78, 5) is 14.1. The molecule has 1 saturated heterocycles. The van der Waals surface area contributed by atoms with Gasteiger partial charge < -0.3 is 15.2 Å². The first-order valence-electron chi connectivity index (χ1n) is 7.49. The summed E-state index contributed by atoms with van der Waals surface area (Å²) in [6.45, 7) is 4.62. The molecule has 1 saturated carbocycles. The third kappa shape index (κ3) is 4.75. The van der Waals surface area contributed by atoms with Gasteiger partial charge in [-0.1, -0.05) is 19.3 Å². The number of morpholine rings is 1. The van der Waals surface area contributed by atoms with Crippen LogP contribution in [0.15, 0.2) is 0 Å². The van der Waals surface area contributed by atoms with Gasteiger partial charge in [0.25, 0.3) is 0 Å². The zero-order chi connectivity index (χ0) is 13.5. The highest BCUT2D eigenvalue weighted by molar-refractivity contribution is 5.75. The predicted octanol–water partition coefficient (Wildman–Crippen LogP) is 0.769. The second-order valence-electron chi connectivity index (χ2n) is 5.55. The average Bonchev–Trinajstić information content (AvgIpc) is 2.48. The second kappa shape index (κ2) is 7.82. The van der Waals surface area contributed by atoms with E-state index in [1.807, 2.05) is 0 Å². The molecule has 0 aromatic rings. The van der Waals surface area contributed by atoms with Gasteiger partial charge in [-0.05, 0) is 18.8 Å². The fourth-order valence-corrected chi connectivity index (χ4v) is 2.88. The number of carbonyl (C=O) groups is 1. The highest BCUT2D eigenvalue weighted by atomic mass is 16.5. The van der Waals surface area contributed by atoms with Crippen LogP contribution in [-0.2, 0) is 14.3 Å². The van der Waals surface area contributed by atoms with Crippen LogP contribution < -0.4 is 5.73 Å². The van der Waals surface area contributed by atoms with Gasteiger partial charge in [0.1, 0.15) is 12.6 Å². The Kier molecular flexibility index (Phi) is 6.07. The third-order valence-corrected chi connectivity index (χ3v) is 4.19. The molecule has 2 aliphatic rings.